The fourth-order valence-electron chi connectivity index (χ4n) is 1.66. The topological polar surface area (TPSA) is 68.9 Å². The molecule has 0 aliphatic carbocycles. The van der Waals surface area contributed by atoms with Gasteiger partial charge < -0.3 is 5.21 Å². The van der Waals surface area contributed by atoms with E-state index in [1.54, 1.807) is 0 Å². The summed E-state index contributed by atoms with van der Waals surface area (Å²) >= 11 is 1.41. The molecule has 0 aliphatic rings. The molecule has 94 valence electrons. The lowest BCUT2D eigenvalue weighted by atomic mass is 10.2. The Morgan fingerprint density at radius 1 is 1.21 bits per heavy atom. The number of carbonyl (C=O) groups is 1. The molecule has 19 heavy (non-hydrogen) atoms. The van der Waals surface area contributed by atoms with Gasteiger partial charge in [-0.3, -0.25) is 10.1 Å². The molecule has 3 aromatic rings. The van der Waals surface area contributed by atoms with E-state index in [9.17, 15) is 10.0 Å². The zero-order valence-electron chi connectivity index (χ0n) is 9.74. The van der Waals surface area contributed by atoms with Crippen LogP contribution in [0.2, 0.25) is 0 Å². The van der Waals surface area contributed by atoms with Crippen LogP contribution in [0.25, 0.3) is 10.2 Å². The summed E-state index contributed by atoms with van der Waals surface area (Å²) in [5.41, 5.74) is 1.28. The average molecular weight is 271 g/mol. The van der Waals surface area contributed by atoms with Crippen molar-refractivity contribution in [3.63, 3.8) is 0 Å². The number of amides is 1. The van der Waals surface area contributed by atoms with Crippen LogP contribution in [0.1, 0.15) is 10.4 Å². The Balaban J connectivity index is 1.84. The van der Waals surface area contributed by atoms with Gasteiger partial charge in [0.25, 0.3) is 5.91 Å². The van der Waals surface area contributed by atoms with E-state index in [-0.39, 0.29) is 5.91 Å². The first-order valence-corrected chi connectivity index (χ1v) is 6.40. The van der Waals surface area contributed by atoms with Gasteiger partial charge in [-0.25, -0.2) is 4.98 Å². The first-order valence-electron chi connectivity index (χ1n) is 5.58. The van der Waals surface area contributed by atoms with Crippen LogP contribution in [-0.2, 0) is 0 Å². The van der Waals surface area contributed by atoms with Crippen LogP contribution in [0.3, 0.4) is 0 Å². The molecule has 0 saturated heterocycles. The van der Waals surface area contributed by atoms with Crippen molar-refractivity contribution >= 4 is 32.6 Å². The van der Waals surface area contributed by atoms with Gasteiger partial charge in [-0.15, -0.1) is 0 Å². The molecule has 6 heteroatoms. The number of hydrogen-bond acceptors (Lipinski definition) is 4. The molecule has 0 bridgehead atoms. The zero-order chi connectivity index (χ0) is 13.2. The molecular weight excluding hydrogens is 262 g/mol. The van der Waals surface area contributed by atoms with Crippen LogP contribution < -0.4 is 10.0 Å². The number of rotatable bonds is 2. The van der Waals surface area contributed by atoms with Crippen LogP contribution in [0.5, 0.6) is 0 Å². The predicted molar refractivity (Wildman–Crippen MR) is 73.0 cm³/mol. The molecule has 0 saturated carbocycles. The fraction of sp³-hybridized carbons (Fsp3) is 0. The Hall–Kier alpha value is -2.47. The maximum Gasteiger partial charge on any atom is 0.257 e. The molecule has 1 amide bonds. The van der Waals surface area contributed by atoms with Crippen LogP contribution in [0.4, 0.5) is 5.13 Å². The van der Waals surface area contributed by atoms with Crippen molar-refractivity contribution in [1.29, 1.82) is 0 Å². The quantitative estimate of drug-likeness (QED) is 0.573. The summed E-state index contributed by atoms with van der Waals surface area (Å²) in [7, 11) is 0. The number of pyridine rings is 1. The molecule has 2 aromatic heterocycles. The monoisotopic (exact) mass is 271 g/mol. The molecule has 1 aromatic carbocycles. The second-order valence-electron chi connectivity index (χ2n) is 3.89. The molecule has 2 heterocycles. The lowest BCUT2D eigenvalue weighted by Gasteiger charge is -2.00. The molecule has 0 radical (unpaired) electrons. The minimum atomic E-state index is -0.278. The lowest BCUT2D eigenvalue weighted by Crippen LogP contribution is -2.25. The molecule has 0 atom stereocenters. The second kappa shape index (κ2) is 4.66. The Morgan fingerprint density at radius 3 is 2.68 bits per heavy atom. The SMILES string of the molecule is O=C(Nc1nc2ccccc2s1)c1cc[n+]([O-])cc1. The highest BCUT2D eigenvalue weighted by Gasteiger charge is 2.10. The largest absolute Gasteiger partial charge is 0.619 e. The average Bonchev–Trinajstić information content (AvgIpc) is 2.81. The number of aromatic nitrogens is 2. The van der Waals surface area contributed by atoms with Gasteiger partial charge in [0.2, 0.25) is 0 Å². The highest BCUT2D eigenvalue weighted by Crippen LogP contribution is 2.25. The number of benzene rings is 1. The Kier molecular flexibility index (Phi) is 2.85. The van der Waals surface area contributed by atoms with Crippen molar-refractivity contribution in [3.05, 3.63) is 59.6 Å². The van der Waals surface area contributed by atoms with Crippen molar-refractivity contribution in [1.82, 2.24) is 4.98 Å². The van der Waals surface area contributed by atoms with Crippen molar-refractivity contribution in [2.24, 2.45) is 0 Å². The predicted octanol–water partition coefficient (Wildman–Crippen LogP) is 2.18. The van der Waals surface area contributed by atoms with Crippen LogP contribution >= 0.6 is 11.3 Å². The number of anilines is 1. The maximum absolute atomic E-state index is 11.9. The highest BCUT2D eigenvalue weighted by molar-refractivity contribution is 7.22. The number of nitrogens with one attached hydrogen (secondary N) is 1. The van der Waals surface area contributed by atoms with E-state index in [2.05, 4.69) is 10.3 Å². The van der Waals surface area contributed by atoms with Gasteiger partial charge in [-0.2, -0.15) is 4.73 Å². The van der Waals surface area contributed by atoms with E-state index >= 15 is 0 Å². The summed E-state index contributed by atoms with van der Waals surface area (Å²) in [6.07, 6.45) is 2.57. The fourth-order valence-corrected chi connectivity index (χ4v) is 2.52. The third-order valence-electron chi connectivity index (χ3n) is 2.58. The van der Waals surface area contributed by atoms with E-state index in [0.717, 1.165) is 10.2 Å². The Bertz CT molecular complexity index is 704. The third kappa shape index (κ3) is 2.38. The molecule has 3 rings (SSSR count). The number of fused-ring (bicyclic) bond motifs is 1. The standard InChI is InChI=1S/C13H9N3O2S/c17-12(9-5-7-16(18)8-6-9)15-13-14-10-3-1-2-4-11(10)19-13/h1-8H,(H,14,15,17). The second-order valence-corrected chi connectivity index (χ2v) is 4.92. The summed E-state index contributed by atoms with van der Waals surface area (Å²) in [4.78, 5) is 16.3. The minimum absolute atomic E-state index is 0.278. The molecule has 0 unspecified atom stereocenters. The maximum atomic E-state index is 11.9. The van der Waals surface area contributed by atoms with Gasteiger partial charge in [0.05, 0.1) is 15.8 Å². The van der Waals surface area contributed by atoms with E-state index in [4.69, 9.17) is 0 Å². The number of para-hydroxylation sites is 1. The van der Waals surface area contributed by atoms with E-state index in [1.165, 1.54) is 35.9 Å². The molecule has 5 nitrogen and oxygen atoms in total. The molecular formula is C13H9N3O2S. The molecule has 0 aliphatic heterocycles. The first-order chi connectivity index (χ1) is 9.22. The smallest absolute Gasteiger partial charge is 0.257 e. The van der Waals surface area contributed by atoms with Crippen molar-refractivity contribution in [2.45, 2.75) is 0 Å². The van der Waals surface area contributed by atoms with Crippen molar-refractivity contribution in [2.75, 3.05) is 5.32 Å². The minimum Gasteiger partial charge on any atom is -0.619 e. The van der Waals surface area contributed by atoms with Crippen molar-refractivity contribution < 1.29 is 9.52 Å². The molecule has 1 N–H and O–H groups in total. The van der Waals surface area contributed by atoms with Gasteiger partial charge in [0.15, 0.2) is 17.5 Å². The summed E-state index contributed by atoms with van der Waals surface area (Å²) in [6.45, 7) is 0. The normalized spacial score (nSPS) is 10.5. The summed E-state index contributed by atoms with van der Waals surface area (Å²) < 4.78 is 1.65. The first kappa shape index (κ1) is 11.6. The Morgan fingerprint density at radius 2 is 1.95 bits per heavy atom. The zero-order valence-corrected chi connectivity index (χ0v) is 10.6. The van der Waals surface area contributed by atoms with Gasteiger partial charge in [0, 0.05) is 12.1 Å². The Labute approximate surface area is 112 Å². The number of thiazole rings is 1. The van der Waals surface area contributed by atoms with E-state index in [1.807, 2.05) is 24.3 Å². The van der Waals surface area contributed by atoms with Gasteiger partial charge in [-0.05, 0) is 12.1 Å². The number of hydrogen-bond donors (Lipinski definition) is 1. The van der Waals surface area contributed by atoms with E-state index < -0.39 is 0 Å². The van der Waals surface area contributed by atoms with Crippen molar-refractivity contribution in [3.8, 4) is 0 Å². The van der Waals surface area contributed by atoms with Gasteiger partial charge >= 0.3 is 0 Å². The highest BCUT2D eigenvalue weighted by atomic mass is 32.1. The molecule has 0 fully saturated rings. The van der Waals surface area contributed by atoms with Crippen LogP contribution in [0, 0.1) is 5.21 Å². The number of nitrogens with zero attached hydrogens (tertiary/aromatic N) is 2. The molecule has 0 spiro atoms. The van der Waals surface area contributed by atoms with Crippen LogP contribution in [0.15, 0.2) is 48.8 Å². The number of carbonyl (C=O) groups excluding carboxylic acids is 1. The van der Waals surface area contributed by atoms with E-state index in [0.29, 0.717) is 15.4 Å². The van der Waals surface area contributed by atoms with Crippen LogP contribution in [-0.4, -0.2) is 10.9 Å². The summed E-state index contributed by atoms with van der Waals surface area (Å²) in [5.74, 6) is -0.278. The lowest BCUT2D eigenvalue weighted by molar-refractivity contribution is -0.605. The van der Waals surface area contributed by atoms with Gasteiger partial charge in [0.1, 0.15) is 0 Å². The summed E-state index contributed by atoms with van der Waals surface area (Å²) in [5, 5.41) is 14.2. The van der Waals surface area contributed by atoms with Gasteiger partial charge in [-0.1, -0.05) is 23.5 Å². The third-order valence-corrected chi connectivity index (χ3v) is 3.53. The summed E-state index contributed by atoms with van der Waals surface area (Å²) in [6, 6.07) is 10.6.